The fourth-order valence-corrected chi connectivity index (χ4v) is 1.36. The molecule has 0 heterocycles. The lowest BCUT2D eigenvalue weighted by Crippen LogP contribution is -2.41. The molecule has 0 radical (unpaired) electrons. The van der Waals surface area contributed by atoms with Gasteiger partial charge >= 0.3 is 0 Å². The predicted octanol–water partition coefficient (Wildman–Crippen LogP) is 2.72. The van der Waals surface area contributed by atoms with Gasteiger partial charge in [0.15, 0.2) is 0 Å². The lowest BCUT2D eigenvalue weighted by Gasteiger charge is -2.33. The Morgan fingerprint density at radius 1 is 1.46 bits per heavy atom. The van der Waals surface area contributed by atoms with Crippen molar-refractivity contribution < 1.29 is 9.84 Å². The van der Waals surface area contributed by atoms with Crippen molar-refractivity contribution in [3.63, 3.8) is 0 Å². The van der Waals surface area contributed by atoms with Gasteiger partial charge in [-0.25, -0.2) is 0 Å². The molecule has 0 fully saturated rings. The van der Waals surface area contributed by atoms with Gasteiger partial charge in [0.1, 0.15) is 6.10 Å². The van der Waals surface area contributed by atoms with E-state index in [1.54, 1.807) is 13.8 Å². The van der Waals surface area contributed by atoms with E-state index in [2.05, 4.69) is 6.58 Å². The summed E-state index contributed by atoms with van der Waals surface area (Å²) in [6.07, 6.45) is 0.610. The van der Waals surface area contributed by atoms with Crippen molar-refractivity contribution in [2.24, 2.45) is 5.92 Å². The second kappa shape index (κ2) is 4.66. The highest BCUT2D eigenvalue weighted by atomic mass is 16.5. The first-order valence-electron chi connectivity index (χ1n) is 4.85. The van der Waals surface area contributed by atoms with Crippen molar-refractivity contribution in [1.82, 2.24) is 0 Å². The standard InChI is InChI=1S/C11H22O2/c1-7-9(4)13-10(8(2)3)11(5,6)12/h8,10,12H,4,7H2,1-3,5-6H3/t10-/m0/s1. The van der Waals surface area contributed by atoms with Crippen LogP contribution in [-0.2, 0) is 4.74 Å². The minimum Gasteiger partial charge on any atom is -0.492 e. The normalized spacial score (nSPS) is 14.4. The molecule has 0 saturated heterocycles. The number of rotatable bonds is 5. The minimum atomic E-state index is -0.813. The van der Waals surface area contributed by atoms with E-state index < -0.39 is 5.60 Å². The third-order valence-electron chi connectivity index (χ3n) is 1.99. The van der Waals surface area contributed by atoms with Crippen LogP contribution in [0.3, 0.4) is 0 Å². The van der Waals surface area contributed by atoms with Crippen molar-refractivity contribution in [3.8, 4) is 0 Å². The molecular formula is C11H22O2. The molecule has 0 aliphatic carbocycles. The molecule has 13 heavy (non-hydrogen) atoms. The molecule has 0 aliphatic rings. The van der Waals surface area contributed by atoms with Crippen LogP contribution in [0.1, 0.15) is 41.0 Å². The Morgan fingerprint density at radius 3 is 2.15 bits per heavy atom. The van der Waals surface area contributed by atoms with Crippen molar-refractivity contribution in [1.29, 1.82) is 0 Å². The molecule has 2 heteroatoms. The van der Waals surface area contributed by atoms with Gasteiger partial charge in [-0.3, -0.25) is 0 Å². The number of hydrogen-bond acceptors (Lipinski definition) is 2. The van der Waals surface area contributed by atoms with Gasteiger partial charge in [-0.15, -0.1) is 0 Å². The monoisotopic (exact) mass is 186 g/mol. The highest BCUT2D eigenvalue weighted by Gasteiger charge is 2.31. The number of aliphatic hydroxyl groups is 1. The topological polar surface area (TPSA) is 29.5 Å². The molecule has 0 aliphatic heterocycles. The Balaban J connectivity index is 4.36. The Morgan fingerprint density at radius 2 is 1.92 bits per heavy atom. The van der Waals surface area contributed by atoms with Gasteiger partial charge in [0.05, 0.1) is 11.4 Å². The van der Waals surface area contributed by atoms with Crippen LogP contribution in [0.5, 0.6) is 0 Å². The molecule has 1 N–H and O–H groups in total. The average Bonchev–Trinajstić information content (AvgIpc) is 1.96. The molecule has 0 rings (SSSR count). The lowest BCUT2D eigenvalue weighted by atomic mass is 9.92. The van der Waals surface area contributed by atoms with E-state index >= 15 is 0 Å². The van der Waals surface area contributed by atoms with Crippen molar-refractivity contribution in [2.75, 3.05) is 0 Å². The summed E-state index contributed by atoms with van der Waals surface area (Å²) in [6, 6.07) is 0. The van der Waals surface area contributed by atoms with E-state index in [0.29, 0.717) is 0 Å². The third-order valence-corrected chi connectivity index (χ3v) is 1.99. The van der Waals surface area contributed by atoms with Crippen molar-refractivity contribution in [3.05, 3.63) is 12.3 Å². The highest BCUT2D eigenvalue weighted by Crippen LogP contribution is 2.23. The number of allylic oxidation sites excluding steroid dienone is 1. The van der Waals surface area contributed by atoms with Gasteiger partial charge in [-0.05, 0) is 19.8 Å². The first-order valence-corrected chi connectivity index (χ1v) is 4.85. The summed E-state index contributed by atoms with van der Waals surface area (Å²) < 4.78 is 5.58. The zero-order valence-corrected chi connectivity index (χ0v) is 9.42. The predicted molar refractivity (Wildman–Crippen MR) is 55.4 cm³/mol. The fourth-order valence-electron chi connectivity index (χ4n) is 1.36. The fraction of sp³-hybridized carbons (Fsp3) is 0.818. The number of hydrogen-bond donors (Lipinski definition) is 1. The summed E-state index contributed by atoms with van der Waals surface area (Å²) in [5.74, 6) is 1.02. The summed E-state index contributed by atoms with van der Waals surface area (Å²) in [4.78, 5) is 0. The molecule has 0 aromatic heterocycles. The third kappa shape index (κ3) is 4.32. The summed E-state index contributed by atoms with van der Waals surface area (Å²) in [5.41, 5.74) is -0.813. The molecule has 1 atom stereocenters. The van der Waals surface area contributed by atoms with E-state index in [0.717, 1.165) is 12.2 Å². The second-order valence-corrected chi connectivity index (χ2v) is 4.33. The first kappa shape index (κ1) is 12.5. The van der Waals surface area contributed by atoms with E-state index in [1.807, 2.05) is 20.8 Å². The largest absolute Gasteiger partial charge is 0.492 e. The van der Waals surface area contributed by atoms with Gasteiger partial charge < -0.3 is 9.84 Å². The van der Waals surface area contributed by atoms with Crippen LogP contribution in [-0.4, -0.2) is 16.8 Å². The molecule has 0 saturated carbocycles. The van der Waals surface area contributed by atoms with Crippen LogP contribution in [0.15, 0.2) is 12.3 Å². The minimum absolute atomic E-state index is 0.181. The van der Waals surface area contributed by atoms with Gasteiger partial charge in [-0.2, -0.15) is 0 Å². The van der Waals surface area contributed by atoms with Crippen molar-refractivity contribution >= 4 is 0 Å². The zero-order chi connectivity index (χ0) is 10.6. The first-order chi connectivity index (χ1) is 5.79. The average molecular weight is 186 g/mol. The highest BCUT2D eigenvalue weighted by molar-refractivity contribution is 4.88. The smallest absolute Gasteiger partial charge is 0.128 e. The van der Waals surface area contributed by atoms with E-state index in [9.17, 15) is 5.11 Å². The van der Waals surface area contributed by atoms with Gasteiger partial charge in [0, 0.05) is 6.42 Å². The zero-order valence-electron chi connectivity index (χ0n) is 9.42. The van der Waals surface area contributed by atoms with Crippen LogP contribution in [0, 0.1) is 5.92 Å². The Kier molecular flexibility index (Phi) is 4.48. The van der Waals surface area contributed by atoms with Crippen LogP contribution >= 0.6 is 0 Å². The molecule has 0 aromatic rings. The van der Waals surface area contributed by atoms with E-state index in [4.69, 9.17) is 4.74 Å². The summed E-state index contributed by atoms with van der Waals surface area (Å²) >= 11 is 0. The molecule has 0 amide bonds. The Bertz CT molecular complexity index is 165. The van der Waals surface area contributed by atoms with Gasteiger partial charge in [0.2, 0.25) is 0 Å². The van der Waals surface area contributed by atoms with Crippen LogP contribution in [0.4, 0.5) is 0 Å². The maximum Gasteiger partial charge on any atom is 0.128 e. The lowest BCUT2D eigenvalue weighted by molar-refractivity contribution is -0.0860. The Labute approximate surface area is 81.6 Å². The summed E-state index contributed by atoms with van der Waals surface area (Å²) in [5, 5.41) is 9.83. The molecule has 0 bridgehead atoms. The quantitative estimate of drug-likeness (QED) is 0.669. The molecule has 78 valence electrons. The maximum atomic E-state index is 9.83. The summed E-state index contributed by atoms with van der Waals surface area (Å²) in [7, 11) is 0. The molecular weight excluding hydrogens is 164 g/mol. The molecule has 0 unspecified atom stereocenters. The van der Waals surface area contributed by atoms with Crippen LogP contribution < -0.4 is 0 Å². The van der Waals surface area contributed by atoms with Crippen LogP contribution in [0.25, 0.3) is 0 Å². The maximum absolute atomic E-state index is 9.83. The Hall–Kier alpha value is -0.500. The second-order valence-electron chi connectivity index (χ2n) is 4.33. The molecule has 0 aromatic carbocycles. The van der Waals surface area contributed by atoms with Gasteiger partial charge in [-0.1, -0.05) is 27.4 Å². The summed E-state index contributed by atoms with van der Waals surface area (Å²) in [6.45, 7) is 13.4. The number of ether oxygens (including phenoxy) is 1. The molecule has 2 nitrogen and oxygen atoms in total. The van der Waals surface area contributed by atoms with E-state index in [-0.39, 0.29) is 12.0 Å². The van der Waals surface area contributed by atoms with Gasteiger partial charge in [0.25, 0.3) is 0 Å². The molecule has 0 spiro atoms. The SMILES string of the molecule is C=C(CC)O[C@@H](C(C)C)C(C)(C)O. The van der Waals surface area contributed by atoms with Crippen LogP contribution in [0.2, 0.25) is 0 Å². The van der Waals surface area contributed by atoms with E-state index in [1.165, 1.54) is 0 Å². The van der Waals surface area contributed by atoms with Crippen molar-refractivity contribution in [2.45, 2.75) is 52.7 Å².